The van der Waals surface area contributed by atoms with Gasteiger partial charge >= 0.3 is 6.09 Å². The first kappa shape index (κ1) is 14.2. The molecule has 0 heterocycles. The lowest BCUT2D eigenvalue weighted by Crippen LogP contribution is -2.37. The molecule has 4 heteroatoms. The van der Waals surface area contributed by atoms with Gasteiger partial charge in [0.05, 0.1) is 6.61 Å². The van der Waals surface area contributed by atoms with Crippen molar-refractivity contribution >= 4 is 6.09 Å². The molecule has 1 atom stereocenters. The number of amides is 1. The third-order valence-electron chi connectivity index (χ3n) is 1.92. The maximum Gasteiger partial charge on any atom is 0.409 e. The van der Waals surface area contributed by atoms with Gasteiger partial charge in [0.15, 0.2) is 0 Å². The molecule has 0 aliphatic rings. The van der Waals surface area contributed by atoms with Crippen LogP contribution in [-0.4, -0.2) is 25.5 Å². The Morgan fingerprint density at radius 1 is 1.27 bits per heavy atom. The summed E-state index contributed by atoms with van der Waals surface area (Å²) in [4.78, 5) is 11.1. The smallest absolute Gasteiger partial charge is 0.409 e. The maximum absolute atomic E-state index is 11.1. The lowest BCUT2D eigenvalue weighted by Gasteiger charge is -2.18. The second kappa shape index (κ2) is 9.77. The molecule has 0 aromatic carbocycles. The molecule has 1 N–H and O–H groups in total. The first-order valence-electron chi connectivity index (χ1n) is 5.79. The van der Waals surface area contributed by atoms with Gasteiger partial charge in [-0.25, -0.2) is 4.79 Å². The average Bonchev–Trinajstić information content (AvgIpc) is 2.18. The highest BCUT2D eigenvalue weighted by Gasteiger charge is 2.11. The zero-order valence-electron chi connectivity index (χ0n) is 10.0. The molecule has 4 nitrogen and oxygen atoms in total. The summed E-state index contributed by atoms with van der Waals surface area (Å²) in [6.45, 7) is 7.03. The number of alkyl carbamates (subject to hydrolysis) is 1. The topological polar surface area (TPSA) is 47.6 Å². The first-order chi connectivity index (χ1) is 7.24. The average molecular weight is 217 g/mol. The molecule has 1 unspecified atom stereocenters. The normalized spacial score (nSPS) is 12.2. The summed E-state index contributed by atoms with van der Waals surface area (Å²) in [5.41, 5.74) is 0. The van der Waals surface area contributed by atoms with Gasteiger partial charge in [0.1, 0.15) is 6.23 Å². The third-order valence-corrected chi connectivity index (χ3v) is 1.92. The Hall–Kier alpha value is -0.770. The Morgan fingerprint density at radius 2 is 2.00 bits per heavy atom. The number of carbonyl (C=O) groups excluding carboxylic acids is 1. The minimum atomic E-state index is -0.396. The highest BCUT2D eigenvalue weighted by Crippen LogP contribution is 2.01. The number of nitrogens with one attached hydrogen (secondary N) is 1. The Bertz CT molecular complexity index is 162. The van der Waals surface area contributed by atoms with E-state index >= 15 is 0 Å². The van der Waals surface area contributed by atoms with E-state index < -0.39 is 6.09 Å². The molecule has 0 aromatic rings. The van der Waals surface area contributed by atoms with Gasteiger partial charge in [0.2, 0.25) is 0 Å². The van der Waals surface area contributed by atoms with E-state index in [4.69, 9.17) is 9.47 Å². The van der Waals surface area contributed by atoms with Gasteiger partial charge in [0, 0.05) is 6.61 Å². The van der Waals surface area contributed by atoms with Crippen molar-refractivity contribution in [2.45, 2.75) is 52.7 Å². The predicted octanol–water partition coefficient (Wildman–Crippen LogP) is 2.68. The first-order valence-corrected chi connectivity index (χ1v) is 5.79. The molecule has 1 amide bonds. The zero-order valence-corrected chi connectivity index (χ0v) is 10.0. The lowest BCUT2D eigenvalue weighted by atomic mass is 10.3. The summed E-state index contributed by atoms with van der Waals surface area (Å²) in [7, 11) is 0. The minimum Gasteiger partial charge on any atom is -0.450 e. The van der Waals surface area contributed by atoms with Crippen LogP contribution in [-0.2, 0) is 9.47 Å². The maximum atomic E-state index is 11.1. The Kier molecular flexibility index (Phi) is 9.27. The number of hydrogen-bond acceptors (Lipinski definition) is 3. The van der Waals surface area contributed by atoms with E-state index in [1.165, 1.54) is 0 Å². The standard InChI is InChI=1S/C11H23NO3/c1-4-7-9-15-10(8-5-2)12-11(13)14-6-3/h10H,4-9H2,1-3H3,(H,12,13). The number of ether oxygens (including phenoxy) is 2. The monoisotopic (exact) mass is 217 g/mol. The van der Waals surface area contributed by atoms with E-state index in [-0.39, 0.29) is 6.23 Å². The molecule has 0 spiro atoms. The van der Waals surface area contributed by atoms with Crippen molar-refractivity contribution in [1.82, 2.24) is 5.32 Å². The van der Waals surface area contributed by atoms with Crippen molar-refractivity contribution in [3.8, 4) is 0 Å². The SMILES string of the molecule is CCCCOC(CCC)NC(=O)OCC. The molecule has 15 heavy (non-hydrogen) atoms. The van der Waals surface area contributed by atoms with Gasteiger partial charge in [-0.2, -0.15) is 0 Å². The van der Waals surface area contributed by atoms with Crippen LogP contribution < -0.4 is 5.32 Å². The number of hydrogen-bond donors (Lipinski definition) is 1. The van der Waals surface area contributed by atoms with Crippen LogP contribution in [0.15, 0.2) is 0 Å². The van der Waals surface area contributed by atoms with Crippen molar-refractivity contribution in [3.05, 3.63) is 0 Å². The summed E-state index contributed by atoms with van der Waals surface area (Å²) < 4.78 is 10.3. The van der Waals surface area contributed by atoms with E-state index in [0.717, 1.165) is 25.7 Å². The molecule has 0 fully saturated rings. The molecular weight excluding hydrogens is 194 g/mol. The summed E-state index contributed by atoms with van der Waals surface area (Å²) in [5.74, 6) is 0. The van der Waals surface area contributed by atoms with Gasteiger partial charge in [-0.3, -0.25) is 5.32 Å². The third kappa shape index (κ3) is 8.24. The molecule has 0 aromatic heterocycles. The molecule has 0 saturated heterocycles. The molecule has 0 rings (SSSR count). The molecule has 0 saturated carbocycles. The zero-order chi connectivity index (χ0) is 11.5. The fourth-order valence-electron chi connectivity index (χ4n) is 1.13. The van der Waals surface area contributed by atoms with Crippen LogP contribution in [0.1, 0.15) is 46.5 Å². The van der Waals surface area contributed by atoms with Gasteiger partial charge in [-0.05, 0) is 19.8 Å². The fourth-order valence-corrected chi connectivity index (χ4v) is 1.13. The molecule has 0 aliphatic carbocycles. The van der Waals surface area contributed by atoms with Crippen LogP contribution in [0.3, 0.4) is 0 Å². The van der Waals surface area contributed by atoms with Crippen molar-refractivity contribution in [3.63, 3.8) is 0 Å². The van der Waals surface area contributed by atoms with Crippen molar-refractivity contribution in [2.24, 2.45) is 0 Å². The predicted molar refractivity (Wildman–Crippen MR) is 59.7 cm³/mol. The number of carbonyl (C=O) groups is 1. The van der Waals surface area contributed by atoms with E-state index in [1.807, 2.05) is 0 Å². The van der Waals surface area contributed by atoms with Crippen LogP contribution >= 0.6 is 0 Å². The summed E-state index contributed by atoms with van der Waals surface area (Å²) in [6, 6.07) is 0. The van der Waals surface area contributed by atoms with Crippen LogP contribution in [0.2, 0.25) is 0 Å². The van der Waals surface area contributed by atoms with E-state index in [1.54, 1.807) is 6.92 Å². The van der Waals surface area contributed by atoms with Gasteiger partial charge in [-0.1, -0.05) is 26.7 Å². The molecule has 0 bridgehead atoms. The summed E-state index contributed by atoms with van der Waals surface area (Å²) in [6.07, 6.45) is 3.31. The van der Waals surface area contributed by atoms with Gasteiger partial charge in [-0.15, -0.1) is 0 Å². The van der Waals surface area contributed by atoms with E-state index in [9.17, 15) is 4.79 Å². The van der Waals surface area contributed by atoms with Crippen molar-refractivity contribution in [1.29, 1.82) is 0 Å². The van der Waals surface area contributed by atoms with Crippen LogP contribution in [0.5, 0.6) is 0 Å². The van der Waals surface area contributed by atoms with E-state index in [2.05, 4.69) is 19.2 Å². The van der Waals surface area contributed by atoms with Gasteiger partial charge in [0.25, 0.3) is 0 Å². The Balaban J connectivity index is 3.75. The largest absolute Gasteiger partial charge is 0.450 e. The number of rotatable bonds is 8. The second-order valence-corrected chi connectivity index (χ2v) is 3.37. The van der Waals surface area contributed by atoms with E-state index in [0.29, 0.717) is 13.2 Å². The number of unbranched alkanes of at least 4 members (excludes halogenated alkanes) is 1. The van der Waals surface area contributed by atoms with Crippen LogP contribution in [0.25, 0.3) is 0 Å². The second-order valence-electron chi connectivity index (χ2n) is 3.37. The summed E-state index contributed by atoms with van der Waals surface area (Å²) in [5, 5.41) is 2.69. The van der Waals surface area contributed by atoms with Gasteiger partial charge < -0.3 is 9.47 Å². The van der Waals surface area contributed by atoms with Crippen molar-refractivity contribution < 1.29 is 14.3 Å². The highest BCUT2D eigenvalue weighted by molar-refractivity contribution is 5.67. The quantitative estimate of drug-likeness (QED) is 0.502. The fraction of sp³-hybridized carbons (Fsp3) is 0.909. The Morgan fingerprint density at radius 3 is 2.53 bits per heavy atom. The lowest BCUT2D eigenvalue weighted by molar-refractivity contribution is 0.0198. The highest BCUT2D eigenvalue weighted by atomic mass is 16.6. The Labute approximate surface area is 92.3 Å². The minimum absolute atomic E-state index is 0.208. The summed E-state index contributed by atoms with van der Waals surface area (Å²) >= 11 is 0. The molecular formula is C11H23NO3. The van der Waals surface area contributed by atoms with Crippen LogP contribution in [0.4, 0.5) is 4.79 Å². The van der Waals surface area contributed by atoms with Crippen molar-refractivity contribution in [2.75, 3.05) is 13.2 Å². The molecule has 0 radical (unpaired) electrons. The van der Waals surface area contributed by atoms with Crippen LogP contribution in [0, 0.1) is 0 Å². The molecule has 90 valence electrons. The molecule has 0 aliphatic heterocycles.